The van der Waals surface area contributed by atoms with E-state index in [4.69, 9.17) is 5.11 Å². The lowest BCUT2D eigenvalue weighted by Gasteiger charge is -2.08. The Bertz CT molecular complexity index is 471. The molecule has 0 saturated carbocycles. The number of benzene rings is 1. The number of carbonyl (C=O) groups is 2. The lowest BCUT2D eigenvalue weighted by molar-refractivity contribution is -0.131. The molecule has 0 aliphatic carbocycles. The van der Waals surface area contributed by atoms with Crippen LogP contribution in [0.5, 0.6) is 11.5 Å². The van der Waals surface area contributed by atoms with Crippen molar-refractivity contribution in [2.24, 2.45) is 0 Å². The van der Waals surface area contributed by atoms with Gasteiger partial charge in [0.15, 0.2) is 11.5 Å². The van der Waals surface area contributed by atoms with Crippen LogP contribution >= 0.6 is 15.9 Å². The molecule has 1 aromatic carbocycles. The van der Waals surface area contributed by atoms with Gasteiger partial charge in [0.1, 0.15) is 0 Å². The molecule has 0 fully saturated rings. The zero-order valence-electron chi connectivity index (χ0n) is 7.95. The Morgan fingerprint density at radius 2 is 2.06 bits per heavy atom. The molecule has 0 heterocycles. The maximum absolute atomic E-state index is 13.4. The zero-order chi connectivity index (χ0) is 12.5. The van der Waals surface area contributed by atoms with Gasteiger partial charge in [0, 0.05) is 0 Å². The number of phenolic OH excluding ortho intramolecular Hbond substituents is 1. The van der Waals surface area contributed by atoms with E-state index in [1.807, 2.05) is 0 Å². The SMILES string of the molecule is COc1c(Br)cc(C(=O)C(=O)O)c(O)c1F. The highest BCUT2D eigenvalue weighted by molar-refractivity contribution is 9.10. The van der Waals surface area contributed by atoms with Gasteiger partial charge in [0.05, 0.1) is 17.1 Å². The summed E-state index contributed by atoms with van der Waals surface area (Å²) in [5, 5.41) is 17.7. The lowest BCUT2D eigenvalue weighted by Crippen LogP contribution is -2.13. The van der Waals surface area contributed by atoms with Crippen molar-refractivity contribution in [3.63, 3.8) is 0 Å². The summed E-state index contributed by atoms with van der Waals surface area (Å²) in [6.45, 7) is 0. The molecule has 0 saturated heterocycles. The third kappa shape index (κ3) is 1.99. The fraction of sp³-hybridized carbons (Fsp3) is 0.111. The van der Waals surface area contributed by atoms with Crippen LogP contribution in [0, 0.1) is 5.82 Å². The van der Waals surface area contributed by atoms with Crippen molar-refractivity contribution in [2.75, 3.05) is 7.11 Å². The summed E-state index contributed by atoms with van der Waals surface area (Å²) in [5.41, 5.74) is -0.641. The Morgan fingerprint density at radius 1 is 1.50 bits per heavy atom. The molecular weight excluding hydrogens is 287 g/mol. The minimum absolute atomic E-state index is 0.0369. The highest BCUT2D eigenvalue weighted by Crippen LogP contribution is 2.36. The van der Waals surface area contributed by atoms with Crippen molar-refractivity contribution >= 4 is 27.7 Å². The van der Waals surface area contributed by atoms with Gasteiger partial charge in [-0.1, -0.05) is 0 Å². The van der Waals surface area contributed by atoms with Crippen LogP contribution < -0.4 is 4.74 Å². The molecule has 0 aliphatic rings. The number of hydrogen-bond acceptors (Lipinski definition) is 4. The summed E-state index contributed by atoms with van der Waals surface area (Å²) in [4.78, 5) is 21.5. The number of carboxylic acid groups (broad SMARTS) is 1. The Balaban J connectivity index is 3.45. The van der Waals surface area contributed by atoms with Gasteiger partial charge in [0.25, 0.3) is 5.78 Å². The maximum atomic E-state index is 13.4. The number of hydrogen-bond donors (Lipinski definition) is 2. The second-order valence-electron chi connectivity index (χ2n) is 2.74. The molecule has 0 spiro atoms. The van der Waals surface area contributed by atoms with Gasteiger partial charge in [-0.15, -0.1) is 0 Å². The number of phenols is 1. The van der Waals surface area contributed by atoms with E-state index in [-0.39, 0.29) is 10.2 Å². The summed E-state index contributed by atoms with van der Waals surface area (Å²) in [6, 6.07) is 0.980. The number of rotatable bonds is 3. The number of ketones is 1. The largest absolute Gasteiger partial charge is 0.504 e. The van der Waals surface area contributed by atoms with E-state index >= 15 is 0 Å². The molecule has 7 heteroatoms. The van der Waals surface area contributed by atoms with Crippen LogP contribution in [0.15, 0.2) is 10.5 Å². The number of aliphatic carboxylic acids is 1. The highest BCUT2D eigenvalue weighted by Gasteiger charge is 2.25. The summed E-state index contributed by atoms with van der Waals surface area (Å²) in [7, 11) is 1.17. The van der Waals surface area contributed by atoms with Gasteiger partial charge < -0.3 is 14.9 Å². The van der Waals surface area contributed by atoms with E-state index in [2.05, 4.69) is 20.7 Å². The van der Waals surface area contributed by atoms with E-state index in [1.165, 1.54) is 7.11 Å². The molecule has 0 unspecified atom stereocenters. The molecule has 0 aliphatic heterocycles. The molecule has 1 aromatic rings. The van der Waals surface area contributed by atoms with Gasteiger partial charge in [-0.3, -0.25) is 4.79 Å². The van der Waals surface area contributed by atoms with Crippen molar-refractivity contribution in [1.29, 1.82) is 0 Å². The molecule has 16 heavy (non-hydrogen) atoms. The highest BCUT2D eigenvalue weighted by atomic mass is 79.9. The molecule has 0 bridgehead atoms. The monoisotopic (exact) mass is 292 g/mol. The number of Topliss-reactive ketones (excluding diaryl/α,β-unsaturated/α-hetero) is 1. The summed E-state index contributed by atoms with van der Waals surface area (Å²) in [5.74, 6) is -5.74. The second-order valence-corrected chi connectivity index (χ2v) is 3.59. The van der Waals surface area contributed by atoms with Gasteiger partial charge in [-0.2, -0.15) is 4.39 Å². The normalized spacial score (nSPS) is 9.94. The number of carbonyl (C=O) groups excluding carboxylic acids is 1. The van der Waals surface area contributed by atoms with E-state index in [1.54, 1.807) is 0 Å². The molecule has 5 nitrogen and oxygen atoms in total. The smallest absolute Gasteiger partial charge is 0.377 e. The summed E-state index contributed by atoms with van der Waals surface area (Å²) >= 11 is 2.89. The average molecular weight is 293 g/mol. The van der Waals surface area contributed by atoms with Crippen molar-refractivity contribution < 1.29 is 28.9 Å². The predicted octanol–water partition coefficient (Wildman–Crippen LogP) is 1.57. The number of halogens is 2. The van der Waals surface area contributed by atoms with Crippen LogP contribution in [-0.4, -0.2) is 29.1 Å². The molecule has 2 N–H and O–H groups in total. The van der Waals surface area contributed by atoms with Gasteiger partial charge in [0.2, 0.25) is 5.82 Å². The van der Waals surface area contributed by atoms with E-state index < -0.39 is 28.9 Å². The predicted molar refractivity (Wildman–Crippen MR) is 54.3 cm³/mol. The third-order valence-electron chi connectivity index (χ3n) is 1.79. The fourth-order valence-electron chi connectivity index (χ4n) is 1.07. The standard InChI is InChI=1S/C9H6BrFO5/c1-16-8-4(10)2-3(6(12)5(8)11)7(13)9(14)15/h2,12H,1H3,(H,14,15). The van der Waals surface area contributed by atoms with Crippen LogP contribution in [0.1, 0.15) is 10.4 Å². The molecular formula is C9H6BrFO5. The van der Waals surface area contributed by atoms with Crippen LogP contribution in [-0.2, 0) is 4.79 Å². The van der Waals surface area contributed by atoms with E-state index in [9.17, 15) is 19.1 Å². The number of aromatic hydroxyl groups is 1. The fourth-order valence-corrected chi connectivity index (χ4v) is 1.63. The van der Waals surface area contributed by atoms with Crippen molar-refractivity contribution in [1.82, 2.24) is 0 Å². The minimum atomic E-state index is -1.79. The third-order valence-corrected chi connectivity index (χ3v) is 2.38. The first-order chi connectivity index (χ1) is 7.40. The molecule has 1 rings (SSSR count). The minimum Gasteiger partial charge on any atom is -0.504 e. The van der Waals surface area contributed by atoms with Crippen LogP contribution in [0.2, 0.25) is 0 Å². The molecule has 0 aromatic heterocycles. The molecule has 0 atom stereocenters. The van der Waals surface area contributed by atoms with E-state index in [0.717, 1.165) is 6.07 Å². The van der Waals surface area contributed by atoms with E-state index in [0.29, 0.717) is 0 Å². The summed E-state index contributed by atoms with van der Waals surface area (Å²) < 4.78 is 18.0. The first kappa shape index (κ1) is 12.4. The Morgan fingerprint density at radius 3 is 2.50 bits per heavy atom. The van der Waals surface area contributed by atoms with Crippen molar-refractivity contribution in [3.8, 4) is 11.5 Å². The summed E-state index contributed by atoms with van der Waals surface area (Å²) in [6.07, 6.45) is 0. The van der Waals surface area contributed by atoms with Crippen molar-refractivity contribution in [2.45, 2.75) is 0 Å². The van der Waals surface area contributed by atoms with Crippen LogP contribution in [0.3, 0.4) is 0 Å². The van der Waals surface area contributed by atoms with Gasteiger partial charge >= 0.3 is 5.97 Å². The van der Waals surface area contributed by atoms with Crippen molar-refractivity contribution in [3.05, 3.63) is 21.9 Å². The topological polar surface area (TPSA) is 83.8 Å². The first-order valence-corrected chi connectivity index (χ1v) is 4.72. The maximum Gasteiger partial charge on any atom is 0.377 e. The molecule has 0 radical (unpaired) electrons. The quantitative estimate of drug-likeness (QED) is 0.653. The Labute approximate surface area is 97.6 Å². The Kier molecular flexibility index (Phi) is 3.48. The first-order valence-electron chi connectivity index (χ1n) is 3.92. The molecule has 0 amide bonds. The van der Waals surface area contributed by atoms with Crippen LogP contribution in [0.25, 0.3) is 0 Å². The van der Waals surface area contributed by atoms with Crippen LogP contribution in [0.4, 0.5) is 4.39 Å². The Hall–Kier alpha value is -1.63. The number of ether oxygens (including phenoxy) is 1. The average Bonchev–Trinajstić information content (AvgIpc) is 2.23. The molecule has 86 valence electrons. The number of carboxylic acids is 1. The zero-order valence-corrected chi connectivity index (χ0v) is 9.54. The number of methoxy groups -OCH3 is 1. The second kappa shape index (κ2) is 4.48. The lowest BCUT2D eigenvalue weighted by atomic mass is 10.1. The van der Waals surface area contributed by atoms with Gasteiger partial charge in [-0.05, 0) is 22.0 Å². The van der Waals surface area contributed by atoms with Gasteiger partial charge in [-0.25, -0.2) is 4.79 Å².